The molecule has 0 saturated carbocycles. The van der Waals surface area contributed by atoms with Crippen LogP contribution in [0.4, 0.5) is 11.5 Å². The molecular weight excluding hydrogens is 548 g/mol. The van der Waals surface area contributed by atoms with Crippen molar-refractivity contribution in [3.8, 4) is 29.0 Å². The Balaban J connectivity index is 1.51. The summed E-state index contributed by atoms with van der Waals surface area (Å²) in [4.78, 5) is 42.1. The molecule has 6 rings (SSSR count). The highest BCUT2D eigenvalue weighted by Crippen LogP contribution is 2.33. The standard InChI is InChI=1S/C30H20N10O3/c31-17-20-24(18-9-2-1-3-10-18)39-40(30-32-15-8-16-33-30)27(20)38-37-25(29(43)35-22-13-6-7-14-23(22)41)26-34-21-12-5-4-11-19(21)28(42)36-26/h1-16,25,41H,(H,35,43)(H,34,36,42). The first-order chi connectivity index (χ1) is 21.0. The van der Waals surface area contributed by atoms with Crippen molar-refractivity contribution in [2.75, 3.05) is 5.32 Å². The summed E-state index contributed by atoms with van der Waals surface area (Å²) in [6.07, 6.45) is 3.01. The summed E-state index contributed by atoms with van der Waals surface area (Å²) in [5.41, 5.74) is 0.966. The summed E-state index contributed by atoms with van der Waals surface area (Å²) < 4.78 is 1.25. The smallest absolute Gasteiger partial charge is 0.259 e. The number of aromatic hydroxyl groups is 1. The van der Waals surface area contributed by atoms with Gasteiger partial charge < -0.3 is 15.4 Å². The normalized spacial score (nSPS) is 11.8. The maximum Gasteiger partial charge on any atom is 0.259 e. The number of hydrogen-bond donors (Lipinski definition) is 3. The number of nitrogens with one attached hydrogen (secondary N) is 2. The molecule has 3 aromatic heterocycles. The van der Waals surface area contributed by atoms with E-state index in [0.29, 0.717) is 22.2 Å². The summed E-state index contributed by atoms with van der Waals surface area (Å²) in [7, 11) is 0. The minimum atomic E-state index is -1.51. The lowest BCUT2D eigenvalue weighted by atomic mass is 10.1. The van der Waals surface area contributed by atoms with E-state index in [1.165, 1.54) is 29.2 Å². The van der Waals surface area contributed by atoms with Gasteiger partial charge in [-0.3, -0.25) is 9.59 Å². The number of hydrogen-bond acceptors (Lipinski definition) is 10. The molecule has 0 spiro atoms. The predicted octanol–water partition coefficient (Wildman–Crippen LogP) is 4.61. The topological polar surface area (TPSA) is 187 Å². The highest BCUT2D eigenvalue weighted by atomic mass is 16.3. The molecule has 0 radical (unpaired) electrons. The Morgan fingerprint density at radius 1 is 0.977 bits per heavy atom. The fourth-order valence-corrected chi connectivity index (χ4v) is 4.30. The Bertz CT molecular complexity index is 2080. The molecule has 3 N–H and O–H groups in total. The number of phenols is 1. The highest BCUT2D eigenvalue weighted by molar-refractivity contribution is 5.96. The Hall–Kier alpha value is -6.55. The maximum absolute atomic E-state index is 13.6. The van der Waals surface area contributed by atoms with Crippen LogP contribution in [0.5, 0.6) is 5.75 Å². The number of anilines is 1. The minimum absolute atomic E-state index is 0.0453. The van der Waals surface area contributed by atoms with Gasteiger partial charge in [-0.1, -0.05) is 54.6 Å². The third-order valence-electron chi connectivity index (χ3n) is 6.33. The molecule has 13 nitrogen and oxygen atoms in total. The zero-order chi connectivity index (χ0) is 29.8. The lowest BCUT2D eigenvalue weighted by molar-refractivity contribution is -0.117. The molecule has 6 aromatic rings. The number of fused-ring (bicyclic) bond motifs is 1. The van der Waals surface area contributed by atoms with Gasteiger partial charge in [0.2, 0.25) is 6.04 Å². The van der Waals surface area contributed by atoms with E-state index >= 15 is 0 Å². The van der Waals surface area contributed by atoms with Gasteiger partial charge in [0.25, 0.3) is 17.4 Å². The second kappa shape index (κ2) is 11.5. The molecule has 1 atom stereocenters. The summed E-state index contributed by atoms with van der Waals surface area (Å²) in [5.74, 6) is -0.972. The first-order valence-electron chi connectivity index (χ1n) is 12.9. The number of para-hydroxylation sites is 3. The van der Waals surface area contributed by atoms with Crippen LogP contribution in [-0.4, -0.2) is 40.7 Å². The van der Waals surface area contributed by atoms with Crippen LogP contribution in [0.2, 0.25) is 0 Å². The molecule has 0 aliphatic heterocycles. The fraction of sp³-hybridized carbons (Fsp3) is 0.0333. The van der Waals surface area contributed by atoms with E-state index < -0.39 is 17.5 Å². The molecule has 13 heteroatoms. The van der Waals surface area contributed by atoms with E-state index in [-0.39, 0.29) is 34.6 Å². The Kier molecular flexibility index (Phi) is 7.14. The van der Waals surface area contributed by atoms with Gasteiger partial charge in [0.05, 0.1) is 16.6 Å². The number of benzene rings is 3. The quantitative estimate of drug-likeness (QED) is 0.184. The van der Waals surface area contributed by atoms with Gasteiger partial charge in [0, 0.05) is 18.0 Å². The van der Waals surface area contributed by atoms with Crippen LogP contribution in [0.25, 0.3) is 28.1 Å². The minimum Gasteiger partial charge on any atom is -0.506 e. The average molecular weight is 569 g/mol. The lowest BCUT2D eigenvalue weighted by Gasteiger charge is -2.13. The summed E-state index contributed by atoms with van der Waals surface area (Å²) in [6, 6.07) is 24.0. The van der Waals surface area contributed by atoms with Gasteiger partial charge in [-0.25, -0.2) is 15.0 Å². The first-order valence-corrected chi connectivity index (χ1v) is 12.9. The predicted molar refractivity (Wildman–Crippen MR) is 156 cm³/mol. The van der Waals surface area contributed by atoms with Crippen LogP contribution in [0, 0.1) is 11.3 Å². The van der Waals surface area contributed by atoms with Gasteiger partial charge in [-0.2, -0.15) is 20.2 Å². The van der Waals surface area contributed by atoms with Crippen LogP contribution >= 0.6 is 0 Å². The van der Waals surface area contributed by atoms with Crippen LogP contribution in [0.1, 0.15) is 17.4 Å². The Morgan fingerprint density at radius 2 is 1.70 bits per heavy atom. The summed E-state index contributed by atoms with van der Waals surface area (Å²) >= 11 is 0. The molecule has 0 fully saturated rings. The molecule has 1 amide bonds. The molecule has 208 valence electrons. The molecular formula is C30H20N10O3. The second-order valence-electron chi connectivity index (χ2n) is 9.08. The van der Waals surface area contributed by atoms with Crippen molar-refractivity contribution in [1.82, 2.24) is 29.7 Å². The zero-order valence-electron chi connectivity index (χ0n) is 22.2. The average Bonchev–Trinajstić information content (AvgIpc) is 3.41. The number of azo groups is 1. The van der Waals surface area contributed by atoms with Crippen molar-refractivity contribution in [3.63, 3.8) is 0 Å². The number of amides is 1. The molecule has 0 saturated heterocycles. The van der Waals surface area contributed by atoms with Crippen LogP contribution < -0.4 is 10.9 Å². The van der Waals surface area contributed by atoms with E-state index in [0.717, 1.165) is 0 Å². The number of nitriles is 1. The third kappa shape index (κ3) is 5.31. The van der Waals surface area contributed by atoms with Crippen molar-refractivity contribution < 1.29 is 9.90 Å². The molecule has 0 bridgehead atoms. The fourth-order valence-electron chi connectivity index (χ4n) is 4.30. The molecule has 3 aromatic carbocycles. The SMILES string of the molecule is N#Cc1c(-c2ccccc2)nn(-c2ncccn2)c1N=NC(C(=O)Nc1ccccc1O)c1nc2ccccc2c(=O)[nH]1. The van der Waals surface area contributed by atoms with Gasteiger partial charge >= 0.3 is 0 Å². The number of aromatic nitrogens is 6. The van der Waals surface area contributed by atoms with Crippen molar-refractivity contribution in [2.24, 2.45) is 10.2 Å². The molecule has 1 unspecified atom stereocenters. The summed E-state index contributed by atoms with van der Waals surface area (Å²) in [5, 5.41) is 36.5. The van der Waals surface area contributed by atoms with Gasteiger partial charge in [0.15, 0.2) is 5.82 Å². The second-order valence-corrected chi connectivity index (χ2v) is 9.08. The number of H-pyrrole nitrogens is 1. The number of nitrogens with zero attached hydrogens (tertiary/aromatic N) is 8. The first kappa shape index (κ1) is 26.7. The number of rotatable bonds is 7. The van der Waals surface area contributed by atoms with Crippen molar-refractivity contribution in [3.05, 3.63) is 119 Å². The molecule has 43 heavy (non-hydrogen) atoms. The van der Waals surface area contributed by atoms with Crippen molar-refractivity contribution >= 4 is 28.3 Å². The third-order valence-corrected chi connectivity index (χ3v) is 6.33. The number of aromatic amines is 1. The van der Waals surface area contributed by atoms with E-state index in [1.54, 1.807) is 66.7 Å². The van der Waals surface area contributed by atoms with Gasteiger partial charge in [-0.05, 0) is 30.3 Å². The highest BCUT2D eigenvalue weighted by Gasteiger charge is 2.27. The number of carbonyl (C=O) groups excluding carboxylic acids is 1. The molecule has 0 aliphatic rings. The monoisotopic (exact) mass is 568 g/mol. The Morgan fingerprint density at radius 3 is 2.47 bits per heavy atom. The van der Waals surface area contributed by atoms with E-state index in [4.69, 9.17) is 0 Å². The Labute approximate surface area is 242 Å². The molecule has 3 heterocycles. The zero-order valence-corrected chi connectivity index (χ0v) is 22.2. The van der Waals surface area contributed by atoms with Crippen molar-refractivity contribution in [2.45, 2.75) is 6.04 Å². The van der Waals surface area contributed by atoms with Crippen LogP contribution in [0.15, 0.2) is 112 Å². The molecule has 0 aliphatic carbocycles. The van der Waals surface area contributed by atoms with E-state index in [1.807, 2.05) is 6.07 Å². The maximum atomic E-state index is 13.6. The van der Waals surface area contributed by atoms with Crippen LogP contribution in [0.3, 0.4) is 0 Å². The summed E-state index contributed by atoms with van der Waals surface area (Å²) in [6.45, 7) is 0. The van der Waals surface area contributed by atoms with Crippen LogP contribution in [-0.2, 0) is 4.79 Å². The van der Waals surface area contributed by atoms with E-state index in [9.17, 15) is 20.0 Å². The number of carbonyl (C=O) groups is 1. The lowest BCUT2D eigenvalue weighted by Crippen LogP contribution is -2.24. The van der Waals surface area contributed by atoms with Gasteiger partial charge in [0.1, 0.15) is 28.9 Å². The van der Waals surface area contributed by atoms with E-state index in [2.05, 4.69) is 46.6 Å². The largest absolute Gasteiger partial charge is 0.506 e. The van der Waals surface area contributed by atoms with Crippen molar-refractivity contribution in [1.29, 1.82) is 5.26 Å². The number of phenolic OH excluding ortho intramolecular Hbond substituents is 1. The van der Waals surface area contributed by atoms with Gasteiger partial charge in [-0.15, -0.1) is 5.11 Å².